The number of piperazine rings is 1. The van der Waals surface area contributed by atoms with E-state index in [4.69, 9.17) is 47.0 Å². The molecule has 0 atom stereocenters. The van der Waals surface area contributed by atoms with Gasteiger partial charge in [0.05, 0.1) is 48.2 Å². The molecule has 1 aromatic rings. The van der Waals surface area contributed by atoms with Gasteiger partial charge in [-0.15, -0.1) is 0 Å². The molecule has 2 aliphatic rings. The summed E-state index contributed by atoms with van der Waals surface area (Å²) in [5, 5.41) is 2.83. The number of carbonyl (C=O) groups is 2. The van der Waals surface area contributed by atoms with Crippen LogP contribution in [-0.2, 0) is 9.59 Å². The summed E-state index contributed by atoms with van der Waals surface area (Å²) in [5.74, 6) is -0.643. The first-order valence-electron chi connectivity index (χ1n) is 8.51. The quantitative estimate of drug-likeness (QED) is 0.297. The van der Waals surface area contributed by atoms with Gasteiger partial charge in [0.25, 0.3) is 11.8 Å². The predicted molar refractivity (Wildman–Crippen MR) is 118 cm³/mol. The summed E-state index contributed by atoms with van der Waals surface area (Å²) < 4.78 is 0.309. The van der Waals surface area contributed by atoms with E-state index in [2.05, 4.69) is 12.5 Å². The first-order valence-corrected chi connectivity index (χ1v) is 10.9. The van der Waals surface area contributed by atoms with E-state index in [1.165, 1.54) is 9.80 Å². The van der Waals surface area contributed by atoms with Gasteiger partial charge in [-0.2, -0.15) is 0 Å². The molecular formula is C17H18Cl4N4O2S2. The molecular weight excluding hydrogens is 498 g/mol. The Hall–Kier alpha value is -0.580. The second kappa shape index (κ2) is 10.6. The van der Waals surface area contributed by atoms with Crippen LogP contribution in [0.5, 0.6) is 0 Å². The lowest BCUT2D eigenvalue weighted by atomic mass is 10.2. The van der Waals surface area contributed by atoms with E-state index in [-0.39, 0.29) is 35.8 Å². The van der Waals surface area contributed by atoms with Crippen LogP contribution in [0.2, 0.25) is 15.1 Å². The second-order valence-corrected chi connectivity index (χ2v) is 9.37. The minimum atomic E-state index is -0.361. The Kier molecular flexibility index (Phi) is 9.05. The zero-order chi connectivity index (χ0) is 20.4. The highest BCUT2D eigenvalue weighted by molar-refractivity contribution is 8.26. The summed E-state index contributed by atoms with van der Waals surface area (Å²) in [5.41, 5.74) is 3.28. The topological polar surface area (TPSA) is 57.1 Å². The summed E-state index contributed by atoms with van der Waals surface area (Å²) in [6.45, 7) is 3.29. The molecule has 0 bridgehead atoms. The van der Waals surface area contributed by atoms with E-state index in [1.54, 1.807) is 18.2 Å². The van der Waals surface area contributed by atoms with Gasteiger partial charge in [0.2, 0.25) is 0 Å². The molecule has 2 N–H and O–H groups in total. The largest absolute Gasteiger partial charge is 1.00 e. The molecule has 0 radical (unpaired) electrons. The van der Waals surface area contributed by atoms with E-state index in [0.29, 0.717) is 24.8 Å². The number of hydrogen-bond donors (Lipinski definition) is 2. The van der Waals surface area contributed by atoms with Gasteiger partial charge in [-0.05, 0) is 18.2 Å². The molecule has 2 aliphatic heterocycles. The number of hydrazine groups is 1. The number of quaternary nitrogens is 1. The third kappa shape index (κ3) is 5.98. The van der Waals surface area contributed by atoms with Gasteiger partial charge in [-0.25, -0.2) is 5.01 Å². The molecule has 158 valence electrons. The van der Waals surface area contributed by atoms with Gasteiger partial charge in [-0.3, -0.25) is 19.9 Å². The number of thioether (sulfide) groups is 1. The third-order valence-corrected chi connectivity index (χ3v) is 6.96. The molecule has 2 amide bonds. The van der Waals surface area contributed by atoms with E-state index in [1.807, 2.05) is 5.01 Å². The van der Waals surface area contributed by atoms with Crippen molar-refractivity contribution < 1.29 is 26.9 Å². The Morgan fingerprint density at radius 3 is 2.55 bits per heavy atom. The van der Waals surface area contributed by atoms with Crippen molar-refractivity contribution in [3.63, 3.8) is 0 Å². The molecule has 0 aliphatic carbocycles. The van der Waals surface area contributed by atoms with E-state index in [9.17, 15) is 9.59 Å². The first kappa shape index (κ1) is 24.7. The summed E-state index contributed by atoms with van der Waals surface area (Å²) in [4.78, 5) is 28.1. The smallest absolute Gasteiger partial charge is 0.266 e. The SMILES string of the molecule is C[NH+]1CCN(NC(=O)CN2C(=O)/C(=C/c3c(Cl)ccc(Cl)c3Cl)SC2=S)CC1.[Cl-]. The van der Waals surface area contributed by atoms with Crippen molar-refractivity contribution in [1.29, 1.82) is 0 Å². The molecule has 6 nitrogen and oxygen atoms in total. The van der Waals surface area contributed by atoms with Gasteiger partial charge in [-0.1, -0.05) is 58.8 Å². The lowest BCUT2D eigenvalue weighted by Crippen LogP contribution is -3.12. The summed E-state index contributed by atoms with van der Waals surface area (Å²) in [6.07, 6.45) is 1.55. The van der Waals surface area contributed by atoms with Gasteiger partial charge in [0.15, 0.2) is 0 Å². The molecule has 2 heterocycles. The average Bonchev–Trinajstić information content (AvgIpc) is 2.91. The average molecular weight is 516 g/mol. The maximum absolute atomic E-state index is 12.7. The molecule has 0 saturated carbocycles. The van der Waals surface area contributed by atoms with Crippen LogP contribution in [-0.4, -0.2) is 65.8 Å². The number of nitrogens with one attached hydrogen (secondary N) is 2. The van der Waals surface area contributed by atoms with Gasteiger partial charge in [0.1, 0.15) is 10.9 Å². The highest BCUT2D eigenvalue weighted by Crippen LogP contribution is 2.37. The van der Waals surface area contributed by atoms with Crippen LogP contribution in [0.15, 0.2) is 17.0 Å². The molecule has 0 spiro atoms. The van der Waals surface area contributed by atoms with Crippen molar-refractivity contribution in [3.8, 4) is 0 Å². The number of thiocarbonyl (C=S) groups is 1. The number of rotatable bonds is 4. The fourth-order valence-corrected chi connectivity index (χ4v) is 4.68. The van der Waals surface area contributed by atoms with Crippen LogP contribution in [0.25, 0.3) is 6.08 Å². The predicted octanol–water partition coefficient (Wildman–Crippen LogP) is -1.29. The number of hydrogen-bond acceptors (Lipinski definition) is 5. The third-order valence-electron chi connectivity index (χ3n) is 4.43. The lowest BCUT2D eigenvalue weighted by molar-refractivity contribution is -0.884. The minimum absolute atomic E-state index is 0. The molecule has 1 aromatic carbocycles. The van der Waals surface area contributed by atoms with Crippen molar-refractivity contribution in [3.05, 3.63) is 37.7 Å². The summed E-state index contributed by atoms with van der Waals surface area (Å²) in [6, 6.07) is 3.19. The Bertz CT molecular complexity index is 860. The zero-order valence-electron chi connectivity index (χ0n) is 15.3. The van der Waals surface area contributed by atoms with Gasteiger partial charge < -0.3 is 17.3 Å². The van der Waals surface area contributed by atoms with E-state index < -0.39 is 0 Å². The van der Waals surface area contributed by atoms with Crippen molar-refractivity contribution in [2.24, 2.45) is 0 Å². The lowest BCUT2D eigenvalue weighted by Gasteiger charge is -2.30. The zero-order valence-corrected chi connectivity index (χ0v) is 20.0. The standard InChI is InChI=1S/C17H17Cl3N4O2S2.ClH/c1-22-4-6-23(7-5-22)21-14(25)9-24-16(26)13(28-17(24)27)8-10-11(18)2-3-12(19)15(10)20;/h2-3,8H,4-7,9H2,1H3,(H,21,25);1H/b13-8-;. The van der Waals surface area contributed by atoms with Crippen LogP contribution < -0.4 is 22.7 Å². The number of nitrogens with zero attached hydrogens (tertiary/aromatic N) is 2. The Labute approximate surface area is 199 Å². The number of halogens is 4. The molecule has 12 heteroatoms. The van der Waals surface area contributed by atoms with Gasteiger partial charge >= 0.3 is 0 Å². The molecule has 3 rings (SSSR count). The molecule has 0 unspecified atom stereocenters. The Balaban J connectivity index is 0.00000300. The maximum Gasteiger partial charge on any atom is 0.266 e. The normalized spacial score (nSPS) is 19.6. The van der Waals surface area contributed by atoms with Crippen molar-refractivity contribution in [1.82, 2.24) is 15.3 Å². The van der Waals surface area contributed by atoms with E-state index in [0.717, 1.165) is 37.9 Å². The van der Waals surface area contributed by atoms with Crippen LogP contribution in [0.4, 0.5) is 0 Å². The van der Waals surface area contributed by atoms with Crippen LogP contribution >= 0.6 is 58.8 Å². The molecule has 2 saturated heterocycles. The Morgan fingerprint density at radius 1 is 1.28 bits per heavy atom. The van der Waals surface area contributed by atoms with Crippen LogP contribution in [0.1, 0.15) is 5.56 Å². The minimum Gasteiger partial charge on any atom is -1.00 e. The fraction of sp³-hybridized carbons (Fsp3) is 0.353. The fourth-order valence-electron chi connectivity index (χ4n) is 2.80. The van der Waals surface area contributed by atoms with Crippen molar-refractivity contribution in [2.75, 3.05) is 39.8 Å². The van der Waals surface area contributed by atoms with Crippen LogP contribution in [0.3, 0.4) is 0 Å². The molecule has 0 aromatic heterocycles. The number of benzene rings is 1. The summed E-state index contributed by atoms with van der Waals surface area (Å²) in [7, 11) is 2.12. The number of amides is 2. The Morgan fingerprint density at radius 2 is 1.90 bits per heavy atom. The maximum atomic E-state index is 12.7. The van der Waals surface area contributed by atoms with Crippen molar-refractivity contribution in [2.45, 2.75) is 0 Å². The van der Waals surface area contributed by atoms with E-state index >= 15 is 0 Å². The molecule has 29 heavy (non-hydrogen) atoms. The van der Waals surface area contributed by atoms with Crippen LogP contribution in [0, 0.1) is 0 Å². The highest BCUT2D eigenvalue weighted by atomic mass is 35.5. The molecule has 2 fully saturated rings. The number of carbonyl (C=O) groups excluding carboxylic acids is 2. The summed E-state index contributed by atoms with van der Waals surface area (Å²) >= 11 is 24.8. The number of likely N-dealkylation sites (N-methyl/N-ethyl adjacent to an activating group) is 1. The van der Waals surface area contributed by atoms with Crippen molar-refractivity contribution >= 4 is 81.0 Å². The first-order chi connectivity index (χ1) is 13.3. The monoisotopic (exact) mass is 514 g/mol. The second-order valence-electron chi connectivity index (χ2n) is 6.50. The van der Waals surface area contributed by atoms with Gasteiger partial charge in [0, 0.05) is 10.6 Å². The highest BCUT2D eigenvalue weighted by Gasteiger charge is 2.34.